The van der Waals surface area contributed by atoms with E-state index in [9.17, 15) is 18.0 Å². The van der Waals surface area contributed by atoms with Crippen LogP contribution in [0.2, 0.25) is 10.0 Å². The number of aliphatic imine (C=N–C) groups is 1. The summed E-state index contributed by atoms with van der Waals surface area (Å²) in [7, 11) is 0. The number of pyridine rings is 1. The zero-order valence-electron chi connectivity index (χ0n) is 16.0. The van der Waals surface area contributed by atoms with Gasteiger partial charge in [0.25, 0.3) is 5.91 Å². The molecule has 170 valence electrons. The molecule has 8 nitrogen and oxygen atoms in total. The number of thioether (sulfide) groups is 1. The monoisotopic (exact) mass is 515 g/mol. The SMILES string of the molecule is O=C(O)C(F)(F)F.O=C1N=C(Nc2c(Cl)cncc2Cl)S/C1=C\c1ccc2nccnc2c1. The predicted octanol–water partition coefficient (Wildman–Crippen LogP) is 5.05. The fourth-order valence-electron chi connectivity index (χ4n) is 2.32. The molecule has 3 heterocycles. The highest BCUT2D eigenvalue weighted by Gasteiger charge is 2.38. The number of fused-ring (bicyclic) bond motifs is 1. The van der Waals surface area contributed by atoms with E-state index >= 15 is 0 Å². The van der Waals surface area contributed by atoms with Crippen molar-refractivity contribution in [3.05, 3.63) is 63.5 Å². The average molecular weight is 516 g/mol. The van der Waals surface area contributed by atoms with Crippen LogP contribution in [0.1, 0.15) is 5.56 Å². The largest absolute Gasteiger partial charge is 0.490 e. The topological polar surface area (TPSA) is 117 Å². The van der Waals surface area contributed by atoms with Gasteiger partial charge in [-0.1, -0.05) is 29.3 Å². The minimum Gasteiger partial charge on any atom is -0.475 e. The number of nitrogens with one attached hydrogen (secondary N) is 1. The van der Waals surface area contributed by atoms with Crippen LogP contribution >= 0.6 is 35.0 Å². The van der Waals surface area contributed by atoms with Crippen molar-refractivity contribution in [2.24, 2.45) is 4.99 Å². The molecule has 2 aromatic heterocycles. The van der Waals surface area contributed by atoms with Gasteiger partial charge in [-0.3, -0.25) is 19.7 Å². The van der Waals surface area contributed by atoms with Crippen molar-refractivity contribution in [2.75, 3.05) is 5.32 Å². The number of alkyl halides is 3. The van der Waals surface area contributed by atoms with Crippen LogP contribution in [0, 0.1) is 0 Å². The Morgan fingerprint density at radius 3 is 2.30 bits per heavy atom. The lowest BCUT2D eigenvalue weighted by Gasteiger charge is -2.08. The van der Waals surface area contributed by atoms with E-state index in [-0.39, 0.29) is 5.91 Å². The number of carboxylic acids is 1. The molecule has 0 fully saturated rings. The molecular weight excluding hydrogens is 506 g/mol. The van der Waals surface area contributed by atoms with Gasteiger partial charge >= 0.3 is 12.1 Å². The minimum atomic E-state index is -5.08. The van der Waals surface area contributed by atoms with Crippen molar-refractivity contribution in [1.29, 1.82) is 0 Å². The van der Waals surface area contributed by atoms with Gasteiger partial charge in [0.2, 0.25) is 0 Å². The molecule has 0 bridgehead atoms. The maximum Gasteiger partial charge on any atom is 0.490 e. The van der Waals surface area contributed by atoms with Gasteiger partial charge in [-0.2, -0.15) is 18.2 Å². The van der Waals surface area contributed by atoms with Crippen LogP contribution in [0.25, 0.3) is 17.1 Å². The molecule has 2 N–H and O–H groups in total. The normalized spacial score (nSPS) is 14.6. The van der Waals surface area contributed by atoms with E-state index in [0.717, 1.165) is 16.6 Å². The van der Waals surface area contributed by atoms with Crippen LogP contribution in [0.15, 0.2) is 52.9 Å². The van der Waals surface area contributed by atoms with Gasteiger partial charge in [-0.25, -0.2) is 4.79 Å². The van der Waals surface area contributed by atoms with Gasteiger partial charge in [0.1, 0.15) is 0 Å². The number of carboxylic acid groups (broad SMARTS) is 1. The number of carbonyl (C=O) groups excluding carboxylic acids is 1. The molecule has 1 aliphatic heterocycles. The molecule has 1 aliphatic rings. The molecule has 1 aromatic carbocycles. The number of hydrogen-bond acceptors (Lipinski definition) is 7. The van der Waals surface area contributed by atoms with E-state index < -0.39 is 12.1 Å². The number of benzene rings is 1. The second-order valence-corrected chi connectivity index (χ2v) is 7.89. The molecule has 0 saturated carbocycles. The quantitative estimate of drug-likeness (QED) is 0.455. The van der Waals surface area contributed by atoms with Crippen molar-refractivity contribution in [3.8, 4) is 0 Å². The third kappa shape index (κ3) is 6.40. The number of halogens is 5. The van der Waals surface area contributed by atoms with Crippen LogP contribution in [0.3, 0.4) is 0 Å². The summed E-state index contributed by atoms with van der Waals surface area (Å²) in [5.41, 5.74) is 2.85. The Labute approximate surface area is 197 Å². The Morgan fingerprint density at radius 1 is 1.09 bits per heavy atom. The minimum absolute atomic E-state index is 0.335. The van der Waals surface area contributed by atoms with Crippen LogP contribution in [-0.2, 0) is 9.59 Å². The standard InChI is InChI=1S/C17H9Cl2N5OS.C2HF3O2/c18-10-7-20-8-11(19)15(10)23-17-24-16(25)14(26-17)6-9-1-2-12-13(5-9)22-4-3-21-12;3-2(4,5)1(6)7/h1-8H,(H,20,23,24,25);(H,6,7)/b14-6-;. The number of anilines is 1. The lowest BCUT2D eigenvalue weighted by Crippen LogP contribution is -2.21. The Morgan fingerprint density at radius 2 is 1.70 bits per heavy atom. The zero-order chi connectivity index (χ0) is 24.2. The summed E-state index contributed by atoms with van der Waals surface area (Å²) < 4.78 is 31.7. The van der Waals surface area contributed by atoms with Crippen LogP contribution in [-0.4, -0.2) is 43.3 Å². The van der Waals surface area contributed by atoms with Gasteiger partial charge in [-0.15, -0.1) is 0 Å². The number of amidine groups is 1. The first-order valence-electron chi connectivity index (χ1n) is 8.64. The van der Waals surface area contributed by atoms with Gasteiger partial charge in [0, 0.05) is 24.8 Å². The molecule has 0 aliphatic carbocycles. The second-order valence-electron chi connectivity index (χ2n) is 6.04. The summed E-state index contributed by atoms with van der Waals surface area (Å²) in [6.45, 7) is 0. The lowest BCUT2D eigenvalue weighted by molar-refractivity contribution is -0.192. The molecule has 4 rings (SSSR count). The van der Waals surface area contributed by atoms with Crippen LogP contribution < -0.4 is 5.32 Å². The number of amides is 1. The highest BCUT2D eigenvalue weighted by atomic mass is 35.5. The van der Waals surface area contributed by atoms with E-state index in [4.69, 9.17) is 33.1 Å². The zero-order valence-corrected chi connectivity index (χ0v) is 18.3. The molecular formula is C19H10Cl2F3N5O3S. The van der Waals surface area contributed by atoms with E-state index in [1.165, 1.54) is 24.2 Å². The van der Waals surface area contributed by atoms with Crippen molar-refractivity contribution >= 4 is 74.8 Å². The van der Waals surface area contributed by atoms with E-state index in [1.807, 2.05) is 18.2 Å². The smallest absolute Gasteiger partial charge is 0.475 e. The van der Waals surface area contributed by atoms with Crippen LogP contribution in [0.5, 0.6) is 0 Å². The molecule has 0 atom stereocenters. The van der Waals surface area contributed by atoms with E-state index in [0.29, 0.717) is 25.8 Å². The van der Waals surface area contributed by atoms with Crippen molar-refractivity contribution in [1.82, 2.24) is 15.0 Å². The summed E-state index contributed by atoms with van der Waals surface area (Å²) in [5, 5.41) is 11.2. The van der Waals surface area contributed by atoms with Gasteiger partial charge < -0.3 is 10.4 Å². The molecule has 14 heteroatoms. The fraction of sp³-hybridized carbons (Fsp3) is 0.0526. The van der Waals surface area contributed by atoms with E-state index in [1.54, 1.807) is 18.5 Å². The molecule has 3 aromatic rings. The number of aliphatic carboxylic acids is 1. The first kappa shape index (κ1) is 24.4. The first-order chi connectivity index (χ1) is 15.5. The first-order valence-corrected chi connectivity index (χ1v) is 10.2. The van der Waals surface area contributed by atoms with Gasteiger partial charge in [0.05, 0.1) is 31.7 Å². The molecule has 0 spiro atoms. The maximum atomic E-state index is 12.2. The highest BCUT2D eigenvalue weighted by molar-refractivity contribution is 8.18. The second kappa shape index (κ2) is 10.1. The Kier molecular flexibility index (Phi) is 7.51. The van der Waals surface area contributed by atoms with Crippen LogP contribution in [0.4, 0.5) is 18.9 Å². The highest BCUT2D eigenvalue weighted by Crippen LogP contribution is 2.34. The van der Waals surface area contributed by atoms with Crippen molar-refractivity contribution in [3.63, 3.8) is 0 Å². The number of rotatable bonds is 2. The predicted molar refractivity (Wildman–Crippen MR) is 119 cm³/mol. The van der Waals surface area contributed by atoms with E-state index in [2.05, 4.69) is 25.3 Å². The molecule has 0 unspecified atom stereocenters. The van der Waals surface area contributed by atoms with Crippen molar-refractivity contribution < 1.29 is 27.9 Å². The van der Waals surface area contributed by atoms with Gasteiger partial charge in [-0.05, 0) is 35.5 Å². The third-order valence-electron chi connectivity index (χ3n) is 3.74. The summed E-state index contributed by atoms with van der Waals surface area (Å²) >= 11 is 13.4. The Hall–Kier alpha value is -3.22. The lowest BCUT2D eigenvalue weighted by atomic mass is 10.2. The Balaban J connectivity index is 0.000000383. The maximum absolute atomic E-state index is 12.2. The fourth-order valence-corrected chi connectivity index (χ4v) is 3.60. The summed E-state index contributed by atoms with van der Waals surface area (Å²) in [6, 6.07) is 5.60. The number of hydrogen-bond donors (Lipinski definition) is 2. The number of aromatic nitrogens is 3. The number of carbonyl (C=O) groups is 2. The molecule has 0 radical (unpaired) electrons. The molecule has 1 amide bonds. The van der Waals surface area contributed by atoms with Gasteiger partial charge in [0.15, 0.2) is 5.17 Å². The molecule has 0 saturated heterocycles. The Bertz CT molecular complexity index is 1280. The number of nitrogens with zero attached hydrogens (tertiary/aromatic N) is 4. The summed E-state index contributed by atoms with van der Waals surface area (Å²) in [6.07, 6.45) is 2.87. The summed E-state index contributed by atoms with van der Waals surface area (Å²) in [4.78, 5) is 38.0. The third-order valence-corrected chi connectivity index (χ3v) is 5.21. The van der Waals surface area contributed by atoms with Crippen molar-refractivity contribution in [2.45, 2.75) is 6.18 Å². The summed E-state index contributed by atoms with van der Waals surface area (Å²) in [5.74, 6) is -3.09. The average Bonchev–Trinajstić information content (AvgIpc) is 3.09. The molecule has 33 heavy (non-hydrogen) atoms.